The summed E-state index contributed by atoms with van der Waals surface area (Å²) in [5.41, 5.74) is 1.10. The lowest BCUT2D eigenvalue weighted by molar-refractivity contribution is -0.141. The summed E-state index contributed by atoms with van der Waals surface area (Å²) in [5.74, 6) is -0.970. The molecule has 0 saturated heterocycles. The monoisotopic (exact) mass is 399 g/mol. The highest BCUT2D eigenvalue weighted by Gasteiger charge is 2.17. The highest BCUT2D eigenvalue weighted by molar-refractivity contribution is 7.99. The van der Waals surface area contributed by atoms with Gasteiger partial charge in [-0.1, -0.05) is 18.7 Å². The number of nitrogens with zero attached hydrogens (tertiary/aromatic N) is 1. The van der Waals surface area contributed by atoms with Gasteiger partial charge in [-0.25, -0.2) is 9.37 Å². The molecule has 4 rings (SSSR count). The van der Waals surface area contributed by atoms with Crippen molar-refractivity contribution in [3.05, 3.63) is 46.6 Å². The Morgan fingerprint density at radius 1 is 1.29 bits per heavy atom. The van der Waals surface area contributed by atoms with Crippen molar-refractivity contribution >= 4 is 50.3 Å². The van der Waals surface area contributed by atoms with Crippen LogP contribution in [0, 0.1) is 11.7 Å². The Kier molecular flexibility index (Phi) is 4.80. The molecule has 0 aliphatic heterocycles. The third-order valence-electron chi connectivity index (χ3n) is 4.97. The molecule has 2 aromatic carbocycles. The lowest BCUT2D eigenvalue weighted by Crippen LogP contribution is -2.13. The number of nitrogens with one attached hydrogen (secondary N) is 2. The van der Waals surface area contributed by atoms with Crippen molar-refractivity contribution in [2.75, 3.05) is 5.75 Å². The largest absolute Gasteiger partial charge is 0.481 e. The fraction of sp³-hybridized carbons (Fsp3) is 0.250. The molecule has 0 amide bonds. The van der Waals surface area contributed by atoms with Crippen LogP contribution in [0.25, 0.3) is 32.6 Å². The van der Waals surface area contributed by atoms with Gasteiger partial charge < -0.3 is 15.1 Å². The summed E-state index contributed by atoms with van der Waals surface area (Å²) in [6.07, 6.45) is 2.68. The van der Waals surface area contributed by atoms with Crippen molar-refractivity contribution in [3.63, 3.8) is 0 Å². The second-order valence-electron chi connectivity index (χ2n) is 6.63. The normalized spacial score (nSPS) is 12.8. The number of thioether (sulfide) groups is 1. The zero-order valence-corrected chi connectivity index (χ0v) is 15.9. The summed E-state index contributed by atoms with van der Waals surface area (Å²) in [6, 6.07) is 6.11. The van der Waals surface area contributed by atoms with Crippen molar-refractivity contribution in [1.29, 1.82) is 0 Å². The van der Waals surface area contributed by atoms with Crippen molar-refractivity contribution in [2.24, 2.45) is 5.92 Å². The number of benzene rings is 2. The molecule has 0 bridgehead atoms. The van der Waals surface area contributed by atoms with E-state index in [1.54, 1.807) is 18.3 Å². The lowest BCUT2D eigenvalue weighted by Gasteiger charge is -2.07. The molecule has 28 heavy (non-hydrogen) atoms. The Balaban J connectivity index is 1.82. The van der Waals surface area contributed by atoms with Crippen LogP contribution in [0.4, 0.5) is 4.39 Å². The molecule has 0 aliphatic carbocycles. The van der Waals surface area contributed by atoms with E-state index in [2.05, 4.69) is 15.0 Å². The fourth-order valence-electron chi connectivity index (χ4n) is 3.49. The summed E-state index contributed by atoms with van der Waals surface area (Å²) < 4.78 is 13.8. The maximum atomic E-state index is 13.8. The van der Waals surface area contributed by atoms with Gasteiger partial charge in [-0.3, -0.25) is 9.59 Å². The van der Waals surface area contributed by atoms with Gasteiger partial charge in [-0.15, -0.1) is 0 Å². The average Bonchev–Trinajstić information content (AvgIpc) is 3.09. The van der Waals surface area contributed by atoms with E-state index in [9.17, 15) is 19.1 Å². The van der Waals surface area contributed by atoms with Crippen molar-refractivity contribution in [1.82, 2.24) is 15.0 Å². The number of hydrogen-bond acceptors (Lipinski definition) is 4. The number of carbonyl (C=O) groups is 1. The summed E-state index contributed by atoms with van der Waals surface area (Å²) in [6.45, 7) is 1.86. The maximum absolute atomic E-state index is 13.8. The van der Waals surface area contributed by atoms with E-state index >= 15 is 0 Å². The second-order valence-corrected chi connectivity index (χ2v) is 7.72. The number of aliphatic carboxylic acids is 1. The molecule has 3 N–H and O–H groups in total. The van der Waals surface area contributed by atoms with Crippen molar-refractivity contribution < 1.29 is 14.3 Å². The summed E-state index contributed by atoms with van der Waals surface area (Å²) >= 11 is 1.44. The van der Waals surface area contributed by atoms with E-state index in [1.165, 1.54) is 23.9 Å². The van der Waals surface area contributed by atoms with Crippen LogP contribution < -0.4 is 5.56 Å². The predicted octanol–water partition coefficient (Wildman–Crippen LogP) is 4.29. The number of H-pyrrole nitrogens is 2. The Morgan fingerprint density at radius 3 is 2.86 bits per heavy atom. The summed E-state index contributed by atoms with van der Waals surface area (Å²) in [5, 5.41) is 12.1. The van der Waals surface area contributed by atoms with Crippen molar-refractivity contribution in [2.45, 2.75) is 24.9 Å². The van der Waals surface area contributed by atoms with E-state index in [0.717, 1.165) is 0 Å². The molecular formula is C20H18FN3O3S. The molecule has 0 fully saturated rings. The van der Waals surface area contributed by atoms with Crippen LogP contribution in [-0.4, -0.2) is 31.8 Å². The van der Waals surface area contributed by atoms with Gasteiger partial charge >= 0.3 is 5.97 Å². The molecule has 1 atom stereocenters. The van der Waals surface area contributed by atoms with Crippen molar-refractivity contribution in [3.8, 4) is 0 Å². The number of carboxylic acid groups (broad SMARTS) is 1. The first-order valence-corrected chi connectivity index (χ1v) is 9.96. The first-order chi connectivity index (χ1) is 13.5. The van der Waals surface area contributed by atoms with Gasteiger partial charge in [0.15, 0.2) is 5.16 Å². The minimum absolute atomic E-state index is 0.286. The van der Waals surface area contributed by atoms with Crippen LogP contribution in [0.3, 0.4) is 0 Å². The number of halogens is 1. The van der Waals surface area contributed by atoms with E-state index < -0.39 is 11.8 Å². The van der Waals surface area contributed by atoms with Gasteiger partial charge in [-0.2, -0.15) is 0 Å². The van der Waals surface area contributed by atoms with Gasteiger partial charge in [0.05, 0.1) is 22.3 Å². The maximum Gasteiger partial charge on any atom is 0.306 e. The van der Waals surface area contributed by atoms with Crippen LogP contribution in [0.1, 0.15) is 19.8 Å². The zero-order chi connectivity index (χ0) is 19.8. The van der Waals surface area contributed by atoms with Gasteiger partial charge in [-0.05, 0) is 37.1 Å². The number of rotatable bonds is 6. The fourth-order valence-corrected chi connectivity index (χ4v) is 4.42. The van der Waals surface area contributed by atoms with Gasteiger partial charge in [0.25, 0.3) is 5.56 Å². The summed E-state index contributed by atoms with van der Waals surface area (Å²) in [7, 11) is 0. The molecule has 6 nitrogen and oxygen atoms in total. The van der Waals surface area contributed by atoms with Crippen LogP contribution in [0.15, 0.2) is 40.4 Å². The predicted molar refractivity (Wildman–Crippen MR) is 108 cm³/mol. The molecule has 2 aromatic heterocycles. The summed E-state index contributed by atoms with van der Waals surface area (Å²) in [4.78, 5) is 34.1. The number of carboxylic acids is 1. The van der Waals surface area contributed by atoms with Crippen LogP contribution in [-0.2, 0) is 4.79 Å². The number of aromatic amines is 2. The van der Waals surface area contributed by atoms with E-state index in [4.69, 9.17) is 0 Å². The third-order valence-corrected chi connectivity index (χ3v) is 5.87. The number of hydrogen-bond donors (Lipinski definition) is 3. The first kappa shape index (κ1) is 18.5. The van der Waals surface area contributed by atoms with Crippen LogP contribution >= 0.6 is 11.8 Å². The molecular weight excluding hydrogens is 381 g/mol. The van der Waals surface area contributed by atoms with E-state index in [0.29, 0.717) is 56.3 Å². The Labute approximate surface area is 163 Å². The van der Waals surface area contributed by atoms with Crippen LogP contribution in [0.5, 0.6) is 0 Å². The van der Waals surface area contributed by atoms with E-state index in [1.807, 2.05) is 6.92 Å². The van der Waals surface area contributed by atoms with Gasteiger partial charge in [0, 0.05) is 28.1 Å². The number of aromatic nitrogens is 3. The van der Waals surface area contributed by atoms with Crippen LogP contribution in [0.2, 0.25) is 0 Å². The van der Waals surface area contributed by atoms with E-state index in [-0.39, 0.29) is 11.5 Å². The molecule has 0 aliphatic rings. The molecule has 0 radical (unpaired) electrons. The topological polar surface area (TPSA) is 98.8 Å². The quantitative estimate of drug-likeness (QED) is 0.332. The Bertz CT molecular complexity index is 1260. The minimum Gasteiger partial charge on any atom is -0.481 e. The second kappa shape index (κ2) is 7.27. The molecule has 144 valence electrons. The molecule has 1 unspecified atom stereocenters. The number of fused-ring (bicyclic) bond motifs is 6. The number of pyridine rings is 1. The van der Waals surface area contributed by atoms with Gasteiger partial charge in [0.1, 0.15) is 5.82 Å². The molecule has 0 spiro atoms. The highest BCUT2D eigenvalue weighted by atomic mass is 32.2. The Hall–Kier alpha value is -2.87. The SMILES string of the molecule is CCC(CCSc1nc2c3ccc(F)cc3c3c(=O)[nH]ccc3c2[nH]1)C(=O)O. The first-order valence-electron chi connectivity index (χ1n) is 8.97. The number of imidazole rings is 1. The Morgan fingerprint density at radius 2 is 2.11 bits per heavy atom. The highest BCUT2D eigenvalue weighted by Crippen LogP contribution is 2.34. The molecule has 2 heterocycles. The lowest BCUT2D eigenvalue weighted by atomic mass is 10.0. The molecule has 0 saturated carbocycles. The standard InChI is InChI=1S/C20H18FN3O3S/c1-2-10(19(26)27)6-8-28-20-23-16-12-4-3-11(21)9-14(12)15-13(17(16)24-20)5-7-22-18(15)25/h3-5,7,9-10H,2,6,8H2,1H3,(H,22,25)(H,23,24)(H,26,27). The minimum atomic E-state index is -0.786. The smallest absolute Gasteiger partial charge is 0.306 e. The third kappa shape index (κ3) is 3.13. The zero-order valence-electron chi connectivity index (χ0n) is 15.1. The molecule has 8 heteroatoms. The average molecular weight is 399 g/mol. The van der Waals surface area contributed by atoms with Gasteiger partial charge in [0.2, 0.25) is 0 Å². The molecule has 4 aromatic rings.